The lowest BCUT2D eigenvalue weighted by Gasteiger charge is -2.10. The predicted molar refractivity (Wildman–Crippen MR) is 66.2 cm³/mol. The Morgan fingerprint density at radius 3 is 3.06 bits per heavy atom. The van der Waals surface area contributed by atoms with Crippen molar-refractivity contribution >= 4 is 17.7 Å². The van der Waals surface area contributed by atoms with E-state index >= 15 is 0 Å². The van der Waals surface area contributed by atoms with Crippen LogP contribution in [0.2, 0.25) is 0 Å². The van der Waals surface area contributed by atoms with E-state index in [1.165, 1.54) is 18.4 Å². The number of hydrogen-bond donors (Lipinski definition) is 1. The summed E-state index contributed by atoms with van der Waals surface area (Å²) in [6.45, 7) is 0.917. The van der Waals surface area contributed by atoms with Gasteiger partial charge in [-0.2, -0.15) is 16.9 Å². The third kappa shape index (κ3) is 2.34. The first-order valence-corrected chi connectivity index (χ1v) is 7.26. The molecule has 1 aromatic heterocycles. The summed E-state index contributed by atoms with van der Waals surface area (Å²) in [6.07, 6.45) is 3.65. The molecule has 1 aromatic rings. The van der Waals surface area contributed by atoms with Crippen molar-refractivity contribution in [3.8, 4) is 0 Å². The molecule has 4 nitrogen and oxygen atoms in total. The highest BCUT2D eigenvalue weighted by Crippen LogP contribution is 2.33. The molecule has 1 aliphatic carbocycles. The van der Waals surface area contributed by atoms with Gasteiger partial charge in [-0.25, -0.2) is 0 Å². The maximum Gasteiger partial charge on any atom is 0.309 e. The van der Waals surface area contributed by atoms with Crippen LogP contribution in [0.4, 0.5) is 0 Å². The molecule has 1 N–H and O–H groups in total. The van der Waals surface area contributed by atoms with Crippen LogP contribution >= 0.6 is 11.8 Å². The first kappa shape index (κ1) is 11.1. The van der Waals surface area contributed by atoms with Crippen LogP contribution in [0.5, 0.6) is 0 Å². The normalized spacial score (nSPS) is 19.1. The van der Waals surface area contributed by atoms with Gasteiger partial charge in [-0.05, 0) is 24.5 Å². The van der Waals surface area contributed by atoms with E-state index in [4.69, 9.17) is 5.11 Å². The highest BCUT2D eigenvalue weighted by atomic mass is 32.2. The number of fused-ring (bicyclic) bond motifs is 1. The molecule has 1 aliphatic heterocycles. The van der Waals surface area contributed by atoms with Crippen molar-refractivity contribution in [2.45, 2.75) is 38.0 Å². The Morgan fingerprint density at radius 1 is 1.53 bits per heavy atom. The van der Waals surface area contributed by atoms with Gasteiger partial charge in [0.25, 0.3) is 0 Å². The maximum absolute atomic E-state index is 11.0. The molecular weight excluding hydrogens is 236 g/mol. The molecule has 2 heterocycles. The highest BCUT2D eigenvalue weighted by Gasteiger charge is 2.27. The van der Waals surface area contributed by atoms with Crippen molar-refractivity contribution in [2.75, 3.05) is 5.75 Å². The summed E-state index contributed by atoms with van der Waals surface area (Å²) in [6, 6.07) is 0. The molecule has 5 heteroatoms. The summed E-state index contributed by atoms with van der Waals surface area (Å²) in [5, 5.41) is 13.6. The highest BCUT2D eigenvalue weighted by molar-refractivity contribution is 7.98. The third-order valence-electron chi connectivity index (χ3n) is 3.43. The second kappa shape index (κ2) is 4.37. The average Bonchev–Trinajstić information content (AvgIpc) is 3.04. The van der Waals surface area contributed by atoms with Gasteiger partial charge in [0.1, 0.15) is 0 Å². The Morgan fingerprint density at radius 2 is 2.35 bits per heavy atom. The van der Waals surface area contributed by atoms with Crippen molar-refractivity contribution in [3.05, 3.63) is 17.0 Å². The number of hydrogen-bond acceptors (Lipinski definition) is 3. The molecule has 0 bridgehead atoms. The minimum Gasteiger partial charge on any atom is -0.481 e. The van der Waals surface area contributed by atoms with Crippen molar-refractivity contribution in [3.63, 3.8) is 0 Å². The molecule has 0 saturated heterocycles. The quantitative estimate of drug-likeness (QED) is 0.886. The minimum absolute atomic E-state index is 0.121. The fourth-order valence-electron chi connectivity index (χ4n) is 2.34. The molecule has 0 unspecified atom stereocenters. The van der Waals surface area contributed by atoms with Crippen LogP contribution in [0.15, 0.2) is 0 Å². The Bertz CT molecular complexity index is 452. The number of aliphatic carboxylic acids is 1. The van der Waals surface area contributed by atoms with Gasteiger partial charge in [-0.15, -0.1) is 0 Å². The summed E-state index contributed by atoms with van der Waals surface area (Å²) < 4.78 is 1.97. The van der Waals surface area contributed by atoms with Gasteiger partial charge < -0.3 is 5.11 Å². The van der Waals surface area contributed by atoms with Crippen LogP contribution in [0.3, 0.4) is 0 Å². The second-order valence-electron chi connectivity index (χ2n) is 4.87. The molecule has 0 radical (unpaired) electrons. The lowest BCUT2D eigenvalue weighted by molar-refractivity contribution is -0.136. The van der Waals surface area contributed by atoms with Gasteiger partial charge in [-0.3, -0.25) is 9.48 Å². The molecule has 0 spiro atoms. The second-order valence-corrected chi connectivity index (χ2v) is 5.98. The van der Waals surface area contributed by atoms with Gasteiger partial charge >= 0.3 is 5.97 Å². The standard InChI is InChI=1S/C12H16N2O2S/c15-12(16)5-11-9-7-17-4-3-10(9)13-14(11)6-8-1-2-8/h8H,1-7H2,(H,15,16). The van der Waals surface area contributed by atoms with Crippen molar-refractivity contribution < 1.29 is 9.90 Å². The predicted octanol–water partition coefficient (Wildman–Crippen LogP) is 1.71. The van der Waals surface area contributed by atoms with E-state index in [1.807, 2.05) is 16.4 Å². The zero-order valence-electron chi connectivity index (χ0n) is 9.69. The Kier molecular flexibility index (Phi) is 2.86. The van der Waals surface area contributed by atoms with Gasteiger partial charge in [0.15, 0.2) is 0 Å². The number of nitrogens with zero attached hydrogens (tertiary/aromatic N) is 2. The van der Waals surface area contributed by atoms with E-state index < -0.39 is 5.97 Å². The first-order chi connectivity index (χ1) is 8.24. The van der Waals surface area contributed by atoms with E-state index in [-0.39, 0.29) is 6.42 Å². The minimum atomic E-state index is -0.750. The molecule has 0 amide bonds. The molecule has 0 aromatic carbocycles. The maximum atomic E-state index is 11.0. The number of thioether (sulfide) groups is 1. The smallest absolute Gasteiger partial charge is 0.309 e. The van der Waals surface area contributed by atoms with Crippen LogP contribution in [-0.2, 0) is 29.9 Å². The fraction of sp³-hybridized carbons (Fsp3) is 0.667. The van der Waals surface area contributed by atoms with Gasteiger partial charge in [0, 0.05) is 24.3 Å². The number of aryl methyl sites for hydroxylation is 1. The molecule has 0 atom stereocenters. The number of aromatic nitrogens is 2. The Balaban J connectivity index is 1.93. The van der Waals surface area contributed by atoms with E-state index in [0.29, 0.717) is 0 Å². The Hall–Kier alpha value is -0.970. The van der Waals surface area contributed by atoms with Crippen LogP contribution in [-0.4, -0.2) is 26.6 Å². The summed E-state index contributed by atoms with van der Waals surface area (Å²) in [7, 11) is 0. The Labute approximate surface area is 104 Å². The third-order valence-corrected chi connectivity index (χ3v) is 4.41. The van der Waals surface area contributed by atoms with E-state index in [0.717, 1.165) is 41.8 Å². The number of carboxylic acid groups (broad SMARTS) is 1. The fourth-order valence-corrected chi connectivity index (χ4v) is 3.36. The lowest BCUT2D eigenvalue weighted by Crippen LogP contribution is -2.12. The molecule has 3 rings (SSSR count). The average molecular weight is 252 g/mol. The molecular formula is C12H16N2O2S. The van der Waals surface area contributed by atoms with E-state index in [2.05, 4.69) is 5.10 Å². The summed E-state index contributed by atoms with van der Waals surface area (Å²) >= 11 is 1.88. The summed E-state index contributed by atoms with van der Waals surface area (Å²) in [5.74, 6) is 2.03. The number of carbonyl (C=O) groups is 1. The van der Waals surface area contributed by atoms with Crippen molar-refractivity contribution in [1.82, 2.24) is 9.78 Å². The SMILES string of the molecule is O=C(O)Cc1c2c(nn1CC1CC1)CCSC2. The van der Waals surface area contributed by atoms with E-state index in [9.17, 15) is 4.79 Å². The molecule has 17 heavy (non-hydrogen) atoms. The van der Waals surface area contributed by atoms with Crippen LogP contribution in [0.1, 0.15) is 29.8 Å². The van der Waals surface area contributed by atoms with E-state index in [1.54, 1.807) is 0 Å². The zero-order valence-corrected chi connectivity index (χ0v) is 10.5. The molecule has 1 fully saturated rings. The molecule has 2 aliphatic rings. The van der Waals surface area contributed by atoms with Crippen molar-refractivity contribution in [2.24, 2.45) is 5.92 Å². The topological polar surface area (TPSA) is 55.1 Å². The summed E-state index contributed by atoms with van der Waals surface area (Å²) in [4.78, 5) is 11.0. The zero-order chi connectivity index (χ0) is 11.8. The van der Waals surface area contributed by atoms with Crippen LogP contribution < -0.4 is 0 Å². The summed E-state index contributed by atoms with van der Waals surface area (Å²) in [5.41, 5.74) is 3.29. The lowest BCUT2D eigenvalue weighted by atomic mass is 10.1. The van der Waals surface area contributed by atoms with Gasteiger partial charge in [-0.1, -0.05) is 0 Å². The number of carboxylic acids is 1. The molecule has 92 valence electrons. The van der Waals surface area contributed by atoms with Gasteiger partial charge in [0.05, 0.1) is 17.8 Å². The first-order valence-electron chi connectivity index (χ1n) is 6.11. The monoisotopic (exact) mass is 252 g/mol. The van der Waals surface area contributed by atoms with Gasteiger partial charge in [0.2, 0.25) is 0 Å². The molecule has 1 saturated carbocycles. The largest absolute Gasteiger partial charge is 0.481 e. The van der Waals surface area contributed by atoms with Crippen LogP contribution in [0.25, 0.3) is 0 Å². The van der Waals surface area contributed by atoms with Crippen LogP contribution in [0, 0.1) is 5.92 Å². The van der Waals surface area contributed by atoms with Crippen molar-refractivity contribution in [1.29, 1.82) is 0 Å². The number of rotatable bonds is 4.